The molecule has 7 heteroatoms. The number of aliphatic hydroxyl groups is 1. The molecule has 0 aromatic heterocycles. The average molecular weight is 486 g/mol. The number of ether oxygens (including phenoxy) is 1. The number of hydrogen-bond acceptors (Lipinski definition) is 5. The van der Waals surface area contributed by atoms with E-state index in [9.17, 15) is 14.7 Å². The third kappa shape index (κ3) is 5.67. The molecule has 4 atom stereocenters. The lowest BCUT2D eigenvalue weighted by atomic mass is 9.70. The Morgan fingerprint density at radius 2 is 1.91 bits per heavy atom. The van der Waals surface area contributed by atoms with Gasteiger partial charge in [0.25, 0.3) is 5.91 Å². The summed E-state index contributed by atoms with van der Waals surface area (Å²) in [7, 11) is 3.92. The van der Waals surface area contributed by atoms with Crippen LogP contribution < -0.4 is 10.2 Å². The summed E-state index contributed by atoms with van der Waals surface area (Å²) in [5.41, 5.74) is 3.21. The molecule has 1 aromatic rings. The van der Waals surface area contributed by atoms with E-state index in [2.05, 4.69) is 29.4 Å². The molecule has 2 fully saturated rings. The van der Waals surface area contributed by atoms with Crippen LogP contribution in [0.2, 0.25) is 0 Å². The molecule has 1 saturated heterocycles. The van der Waals surface area contributed by atoms with Crippen molar-refractivity contribution in [1.82, 2.24) is 10.2 Å². The van der Waals surface area contributed by atoms with Crippen molar-refractivity contribution < 1.29 is 19.4 Å². The third-order valence-corrected chi connectivity index (χ3v) is 8.57. The zero-order valence-electron chi connectivity index (χ0n) is 21.8. The van der Waals surface area contributed by atoms with Gasteiger partial charge in [0.2, 0.25) is 5.91 Å². The highest BCUT2D eigenvalue weighted by Gasteiger charge is 2.43. The minimum Gasteiger partial charge on any atom is -0.394 e. The van der Waals surface area contributed by atoms with Crippen LogP contribution in [0.1, 0.15) is 80.6 Å². The molecule has 0 spiro atoms. The molecule has 194 valence electrons. The maximum atomic E-state index is 13.4. The number of fused-ring (bicyclic) bond motifs is 3. The van der Waals surface area contributed by atoms with Crippen LogP contribution in [0, 0.1) is 11.8 Å². The van der Waals surface area contributed by atoms with E-state index in [1.54, 1.807) is 11.9 Å². The number of rotatable bonds is 8. The Bertz CT molecular complexity index is 898. The fraction of sp³-hybridized carbons (Fsp3) is 0.714. The second-order valence-corrected chi connectivity index (χ2v) is 11.1. The number of nitrogens with one attached hydrogen (secondary N) is 1. The summed E-state index contributed by atoms with van der Waals surface area (Å²) >= 11 is 0. The van der Waals surface area contributed by atoms with E-state index in [4.69, 9.17) is 4.74 Å². The first-order valence-electron chi connectivity index (χ1n) is 13.4. The fourth-order valence-electron chi connectivity index (χ4n) is 6.55. The molecule has 0 bridgehead atoms. The van der Waals surface area contributed by atoms with Crippen molar-refractivity contribution in [3.63, 3.8) is 0 Å². The van der Waals surface area contributed by atoms with Crippen LogP contribution in [0.3, 0.4) is 0 Å². The van der Waals surface area contributed by atoms with Crippen molar-refractivity contribution in [1.29, 1.82) is 0 Å². The summed E-state index contributed by atoms with van der Waals surface area (Å²) in [6, 6.07) is 6.31. The first kappa shape index (κ1) is 26.0. The Balaban J connectivity index is 1.46. The van der Waals surface area contributed by atoms with E-state index >= 15 is 0 Å². The van der Waals surface area contributed by atoms with Gasteiger partial charge in [0.05, 0.1) is 12.6 Å². The van der Waals surface area contributed by atoms with Gasteiger partial charge in [-0.25, -0.2) is 0 Å². The predicted octanol–water partition coefficient (Wildman–Crippen LogP) is 3.55. The third-order valence-electron chi connectivity index (χ3n) is 8.57. The lowest BCUT2D eigenvalue weighted by Gasteiger charge is -2.40. The van der Waals surface area contributed by atoms with Gasteiger partial charge in [-0.3, -0.25) is 9.59 Å². The molecule has 1 aliphatic carbocycles. The minimum absolute atomic E-state index is 0.0534. The van der Waals surface area contributed by atoms with Crippen LogP contribution in [-0.2, 0) is 9.53 Å². The number of amides is 2. The molecule has 2 unspecified atom stereocenters. The maximum Gasteiger partial charge on any atom is 0.253 e. The molecule has 0 radical (unpaired) electrons. The van der Waals surface area contributed by atoms with Gasteiger partial charge >= 0.3 is 0 Å². The van der Waals surface area contributed by atoms with Gasteiger partial charge in [-0.1, -0.05) is 0 Å². The van der Waals surface area contributed by atoms with Crippen LogP contribution in [-0.4, -0.2) is 73.9 Å². The summed E-state index contributed by atoms with van der Waals surface area (Å²) < 4.78 is 5.60. The average Bonchev–Trinajstić information content (AvgIpc) is 3.14. The zero-order chi connectivity index (χ0) is 25.1. The van der Waals surface area contributed by atoms with Crippen molar-refractivity contribution in [3.8, 4) is 0 Å². The highest BCUT2D eigenvalue weighted by molar-refractivity contribution is 5.95. The van der Waals surface area contributed by atoms with Crippen molar-refractivity contribution in [2.24, 2.45) is 11.8 Å². The monoisotopic (exact) mass is 485 g/mol. The normalized spacial score (nSPS) is 25.2. The number of carbonyl (C=O) groups is 2. The quantitative estimate of drug-likeness (QED) is 0.589. The minimum atomic E-state index is -0.392. The van der Waals surface area contributed by atoms with E-state index in [0.717, 1.165) is 25.0 Å². The lowest BCUT2D eigenvalue weighted by molar-refractivity contribution is -0.121. The molecule has 1 aromatic carbocycles. The molecule has 35 heavy (non-hydrogen) atoms. The van der Waals surface area contributed by atoms with Gasteiger partial charge in [-0.2, -0.15) is 0 Å². The number of aliphatic hydroxyl groups excluding tert-OH is 1. The van der Waals surface area contributed by atoms with Gasteiger partial charge < -0.3 is 25.0 Å². The standard InChI is InChI=1S/C28H43N3O4/c1-18(2)29-27(33)10-7-22(17-32)30(3)28(34)21-6-9-26-24(16-21)23-15-20(5-8-25(23)31(26)4)19-11-13-35-14-12-19/h6,9,16,18-20,22-23,25,32H,5,7-8,10-15,17H2,1-4H3,(H,29,33)/t20-,22+,23?,25?/m1/s1. The van der Waals surface area contributed by atoms with E-state index in [-0.39, 0.29) is 30.9 Å². The second-order valence-electron chi connectivity index (χ2n) is 11.1. The predicted molar refractivity (Wildman–Crippen MR) is 138 cm³/mol. The Morgan fingerprint density at radius 1 is 1.17 bits per heavy atom. The summed E-state index contributed by atoms with van der Waals surface area (Å²) in [6.07, 6.45) is 6.73. The summed E-state index contributed by atoms with van der Waals surface area (Å²) in [4.78, 5) is 29.5. The maximum absolute atomic E-state index is 13.4. The molecule has 2 aliphatic heterocycles. The van der Waals surface area contributed by atoms with Crippen molar-refractivity contribution >= 4 is 17.5 Å². The molecule has 4 rings (SSSR count). The van der Waals surface area contributed by atoms with Gasteiger partial charge in [0.1, 0.15) is 0 Å². The van der Waals surface area contributed by atoms with Crippen LogP contribution in [0.25, 0.3) is 0 Å². The smallest absolute Gasteiger partial charge is 0.253 e. The Morgan fingerprint density at radius 3 is 2.60 bits per heavy atom. The second kappa shape index (κ2) is 11.3. The number of nitrogens with zero attached hydrogens (tertiary/aromatic N) is 2. The lowest BCUT2D eigenvalue weighted by Crippen LogP contribution is -2.40. The number of benzene rings is 1. The SMILES string of the molecule is CC(C)NC(=O)CC[C@@H](CO)N(C)C(=O)c1ccc2c(c1)C1C[C@H](C3CCOCC3)CCC1N2C. The molecule has 1 saturated carbocycles. The molecule has 2 heterocycles. The van der Waals surface area contributed by atoms with Crippen molar-refractivity contribution in [2.45, 2.75) is 82.8 Å². The molecular weight excluding hydrogens is 442 g/mol. The van der Waals surface area contributed by atoms with Crippen LogP contribution in [0.5, 0.6) is 0 Å². The summed E-state index contributed by atoms with van der Waals surface area (Å²) in [6.45, 7) is 5.46. The molecule has 2 N–H and O–H groups in total. The topological polar surface area (TPSA) is 82.1 Å². The Kier molecular flexibility index (Phi) is 8.38. The first-order chi connectivity index (χ1) is 16.8. The summed E-state index contributed by atoms with van der Waals surface area (Å²) in [5, 5.41) is 12.8. The van der Waals surface area contributed by atoms with Gasteiger partial charge in [-0.05, 0) is 88.0 Å². The number of anilines is 1. The largest absolute Gasteiger partial charge is 0.394 e. The van der Waals surface area contributed by atoms with Gasteiger partial charge in [-0.15, -0.1) is 0 Å². The number of hydrogen-bond donors (Lipinski definition) is 2. The zero-order valence-corrected chi connectivity index (χ0v) is 21.8. The van der Waals surface area contributed by atoms with E-state index in [1.165, 1.54) is 43.4 Å². The van der Waals surface area contributed by atoms with Gasteiger partial charge in [0.15, 0.2) is 0 Å². The fourth-order valence-corrected chi connectivity index (χ4v) is 6.55. The Hall–Kier alpha value is -2.12. The molecule has 3 aliphatic rings. The van der Waals surface area contributed by atoms with Gasteiger partial charge in [0, 0.05) is 63.0 Å². The van der Waals surface area contributed by atoms with Crippen LogP contribution in [0.15, 0.2) is 18.2 Å². The highest BCUT2D eigenvalue weighted by Crippen LogP contribution is 2.51. The Labute approximate surface area is 210 Å². The van der Waals surface area contributed by atoms with E-state index in [1.807, 2.05) is 19.9 Å². The number of likely N-dealkylation sites (N-methyl/N-ethyl adjacent to an activating group) is 2. The highest BCUT2D eigenvalue weighted by atomic mass is 16.5. The van der Waals surface area contributed by atoms with Crippen molar-refractivity contribution in [2.75, 3.05) is 38.8 Å². The van der Waals surface area contributed by atoms with E-state index in [0.29, 0.717) is 23.9 Å². The molecular formula is C28H43N3O4. The summed E-state index contributed by atoms with van der Waals surface area (Å²) in [5.74, 6) is 1.80. The first-order valence-corrected chi connectivity index (χ1v) is 13.4. The van der Waals surface area contributed by atoms with Crippen LogP contribution in [0.4, 0.5) is 5.69 Å². The number of carbonyl (C=O) groups excluding carboxylic acids is 2. The molecule has 7 nitrogen and oxygen atoms in total. The van der Waals surface area contributed by atoms with E-state index < -0.39 is 6.04 Å². The van der Waals surface area contributed by atoms with Crippen LogP contribution >= 0.6 is 0 Å². The molecule has 2 amide bonds. The van der Waals surface area contributed by atoms with Crippen molar-refractivity contribution in [3.05, 3.63) is 29.3 Å².